The van der Waals surface area contributed by atoms with E-state index in [9.17, 15) is 4.39 Å². The van der Waals surface area contributed by atoms with Gasteiger partial charge in [0.15, 0.2) is 0 Å². The predicted octanol–water partition coefficient (Wildman–Crippen LogP) is 3.40. The minimum Gasteiger partial charge on any atom is -0.316 e. The molecule has 2 aromatic heterocycles. The Hall–Kier alpha value is -1.81. The van der Waals surface area contributed by atoms with Crippen LogP contribution in [-0.4, -0.2) is 28.7 Å². The van der Waals surface area contributed by atoms with Gasteiger partial charge in [0.1, 0.15) is 5.67 Å². The smallest absolute Gasteiger partial charge is 0.113 e. The lowest BCUT2D eigenvalue weighted by Crippen LogP contribution is -2.38. The molecule has 2 aromatic rings. The molecule has 0 spiro atoms. The highest BCUT2D eigenvalue weighted by molar-refractivity contribution is 5.26. The topological polar surface area (TPSA) is 37.8 Å². The van der Waals surface area contributed by atoms with Crippen molar-refractivity contribution in [2.45, 2.75) is 44.7 Å². The fraction of sp³-hybridized carbons (Fsp3) is 0.474. The molecular weight excluding hydrogens is 289 g/mol. The predicted molar refractivity (Wildman–Crippen MR) is 90.3 cm³/mol. The average Bonchev–Trinajstić information content (AvgIpc) is 2.56. The molecule has 122 valence electrons. The van der Waals surface area contributed by atoms with E-state index in [1.807, 2.05) is 31.6 Å². The zero-order valence-electron chi connectivity index (χ0n) is 13.7. The normalized spacial score (nSPS) is 17.1. The minimum atomic E-state index is -1.01. The first-order chi connectivity index (χ1) is 11.1. The molecule has 0 aromatic carbocycles. The number of nitrogens with one attached hydrogen (secondary N) is 1. The lowest BCUT2D eigenvalue weighted by molar-refractivity contribution is 0.105. The van der Waals surface area contributed by atoms with Crippen molar-refractivity contribution >= 4 is 0 Å². The van der Waals surface area contributed by atoms with Crippen molar-refractivity contribution in [3.05, 3.63) is 59.2 Å². The number of aryl methyl sites for hydroxylation is 2. The Balaban J connectivity index is 1.61. The molecule has 1 N–H and O–H groups in total. The van der Waals surface area contributed by atoms with Gasteiger partial charge in [-0.3, -0.25) is 9.97 Å². The zero-order chi connectivity index (χ0) is 16.1. The molecule has 1 aliphatic heterocycles. The van der Waals surface area contributed by atoms with E-state index in [-0.39, 0.29) is 0 Å². The van der Waals surface area contributed by atoms with Gasteiger partial charge >= 0.3 is 0 Å². The van der Waals surface area contributed by atoms with Crippen LogP contribution in [0.1, 0.15) is 41.6 Å². The van der Waals surface area contributed by atoms with Crippen molar-refractivity contribution in [2.24, 2.45) is 0 Å². The van der Waals surface area contributed by atoms with Gasteiger partial charge in [0.2, 0.25) is 0 Å². The van der Waals surface area contributed by atoms with Gasteiger partial charge < -0.3 is 5.32 Å². The second-order valence-electron chi connectivity index (χ2n) is 6.59. The monoisotopic (exact) mass is 313 g/mol. The lowest BCUT2D eigenvalue weighted by atomic mass is 9.88. The Morgan fingerprint density at radius 3 is 2.61 bits per heavy atom. The number of nitrogens with zero attached hydrogens (tertiary/aromatic N) is 2. The molecule has 23 heavy (non-hydrogen) atoms. The molecule has 0 saturated carbocycles. The van der Waals surface area contributed by atoms with Crippen molar-refractivity contribution in [3.63, 3.8) is 0 Å². The molecule has 4 heteroatoms. The van der Waals surface area contributed by atoms with E-state index in [1.165, 1.54) is 5.56 Å². The molecule has 3 heterocycles. The SMILES string of the molecule is Cc1ccc(Cc2cncc(CCC3(F)CCNCC3)c2)cn1. The van der Waals surface area contributed by atoms with E-state index in [2.05, 4.69) is 27.4 Å². The Labute approximate surface area is 137 Å². The Kier molecular flexibility index (Phi) is 5.01. The molecule has 1 aliphatic rings. The van der Waals surface area contributed by atoms with Crippen LogP contribution in [0.3, 0.4) is 0 Å². The van der Waals surface area contributed by atoms with Crippen molar-refractivity contribution < 1.29 is 4.39 Å². The van der Waals surface area contributed by atoms with E-state index < -0.39 is 5.67 Å². The van der Waals surface area contributed by atoms with Gasteiger partial charge in [-0.15, -0.1) is 0 Å². The first-order valence-corrected chi connectivity index (χ1v) is 8.37. The fourth-order valence-electron chi connectivity index (χ4n) is 3.11. The molecule has 0 aliphatic carbocycles. The highest BCUT2D eigenvalue weighted by Crippen LogP contribution is 2.28. The van der Waals surface area contributed by atoms with Gasteiger partial charge in [-0.25, -0.2) is 4.39 Å². The second-order valence-corrected chi connectivity index (χ2v) is 6.59. The molecule has 0 amide bonds. The lowest BCUT2D eigenvalue weighted by Gasteiger charge is -2.30. The van der Waals surface area contributed by atoms with Gasteiger partial charge in [0.25, 0.3) is 0 Å². The first kappa shape index (κ1) is 16.1. The third-order valence-electron chi connectivity index (χ3n) is 4.59. The van der Waals surface area contributed by atoms with Crippen molar-refractivity contribution in [1.82, 2.24) is 15.3 Å². The molecule has 3 nitrogen and oxygen atoms in total. The minimum absolute atomic E-state index is 0.589. The quantitative estimate of drug-likeness (QED) is 0.919. The van der Waals surface area contributed by atoms with Gasteiger partial charge in [0, 0.05) is 30.7 Å². The summed E-state index contributed by atoms with van der Waals surface area (Å²) in [5, 5.41) is 3.22. The second kappa shape index (κ2) is 7.18. The average molecular weight is 313 g/mol. The number of piperidine rings is 1. The Morgan fingerprint density at radius 1 is 1.09 bits per heavy atom. The molecule has 0 atom stereocenters. The molecule has 0 unspecified atom stereocenters. The summed E-state index contributed by atoms with van der Waals surface area (Å²) >= 11 is 0. The summed E-state index contributed by atoms with van der Waals surface area (Å²) < 4.78 is 14.7. The van der Waals surface area contributed by atoms with Crippen LogP contribution in [0.25, 0.3) is 0 Å². The molecule has 1 saturated heterocycles. The summed E-state index contributed by atoms with van der Waals surface area (Å²) in [6.45, 7) is 3.56. The number of hydrogen-bond donors (Lipinski definition) is 1. The van der Waals surface area contributed by atoms with Crippen molar-refractivity contribution in [1.29, 1.82) is 0 Å². The highest BCUT2D eigenvalue weighted by atomic mass is 19.1. The van der Waals surface area contributed by atoms with E-state index in [1.54, 1.807) is 0 Å². The molecule has 1 fully saturated rings. The summed E-state index contributed by atoms with van der Waals surface area (Å²) in [4.78, 5) is 8.66. The van der Waals surface area contributed by atoms with Crippen molar-refractivity contribution in [3.8, 4) is 0 Å². The van der Waals surface area contributed by atoms with Gasteiger partial charge in [-0.2, -0.15) is 0 Å². The maximum atomic E-state index is 14.7. The summed E-state index contributed by atoms with van der Waals surface area (Å²) in [6.07, 6.45) is 9.06. The number of aromatic nitrogens is 2. The van der Waals surface area contributed by atoms with Crippen LogP contribution in [0, 0.1) is 6.92 Å². The molecular formula is C19H24FN3. The van der Waals surface area contributed by atoms with Crippen LogP contribution in [0.4, 0.5) is 4.39 Å². The molecule has 0 bridgehead atoms. The maximum Gasteiger partial charge on any atom is 0.113 e. The van der Waals surface area contributed by atoms with Crippen LogP contribution in [0.2, 0.25) is 0 Å². The van der Waals surface area contributed by atoms with E-state index in [4.69, 9.17) is 0 Å². The summed E-state index contributed by atoms with van der Waals surface area (Å²) in [5.74, 6) is 0. The Morgan fingerprint density at radius 2 is 1.87 bits per heavy atom. The molecule has 3 rings (SSSR count). The van der Waals surface area contributed by atoms with E-state index in [0.717, 1.165) is 42.8 Å². The van der Waals surface area contributed by atoms with Gasteiger partial charge in [-0.1, -0.05) is 12.1 Å². The summed E-state index contributed by atoms with van der Waals surface area (Å²) in [7, 11) is 0. The van der Waals surface area contributed by atoms with Crippen LogP contribution in [0.5, 0.6) is 0 Å². The summed E-state index contributed by atoms with van der Waals surface area (Å²) in [6, 6.07) is 6.27. The van der Waals surface area contributed by atoms with E-state index >= 15 is 0 Å². The maximum absolute atomic E-state index is 14.7. The number of halogens is 1. The standard InChI is InChI=1S/C19H24FN3/c1-15-2-3-16(14-23-15)10-18-11-17(12-22-13-18)4-5-19(20)6-8-21-9-7-19/h2-3,11-14,21H,4-10H2,1H3. The zero-order valence-corrected chi connectivity index (χ0v) is 13.7. The highest BCUT2D eigenvalue weighted by Gasteiger charge is 2.30. The molecule has 0 radical (unpaired) electrons. The Bertz CT molecular complexity index is 633. The number of alkyl halides is 1. The summed E-state index contributed by atoms with van der Waals surface area (Å²) in [5.41, 5.74) is 3.47. The largest absolute Gasteiger partial charge is 0.316 e. The van der Waals surface area contributed by atoms with E-state index in [0.29, 0.717) is 19.3 Å². The fourth-order valence-corrected chi connectivity index (χ4v) is 3.11. The third kappa shape index (κ3) is 4.58. The van der Waals surface area contributed by atoms with Crippen LogP contribution in [-0.2, 0) is 12.8 Å². The van der Waals surface area contributed by atoms with Gasteiger partial charge in [0.05, 0.1) is 0 Å². The van der Waals surface area contributed by atoms with Crippen LogP contribution < -0.4 is 5.32 Å². The number of pyridine rings is 2. The van der Waals surface area contributed by atoms with Crippen LogP contribution >= 0.6 is 0 Å². The van der Waals surface area contributed by atoms with Crippen molar-refractivity contribution in [2.75, 3.05) is 13.1 Å². The number of hydrogen-bond acceptors (Lipinski definition) is 3. The van der Waals surface area contributed by atoms with Gasteiger partial charge in [-0.05, 0) is 68.5 Å². The third-order valence-corrected chi connectivity index (χ3v) is 4.59. The van der Waals surface area contributed by atoms with Crippen LogP contribution in [0.15, 0.2) is 36.8 Å². The number of rotatable bonds is 5. The first-order valence-electron chi connectivity index (χ1n) is 8.37.